The molecule has 0 aromatic heterocycles. The fourth-order valence-electron chi connectivity index (χ4n) is 3.71. The van der Waals surface area contributed by atoms with E-state index in [1.54, 1.807) is 30.0 Å². The number of amides is 2. The van der Waals surface area contributed by atoms with Gasteiger partial charge in [0.1, 0.15) is 5.82 Å². The largest absolute Gasteiger partial charge is 0.379 e. The first kappa shape index (κ1) is 20.8. The summed E-state index contributed by atoms with van der Waals surface area (Å²) in [6.45, 7) is 3.02. The van der Waals surface area contributed by atoms with Crippen LogP contribution in [0.3, 0.4) is 0 Å². The Morgan fingerprint density at radius 3 is 2.87 bits per heavy atom. The molecule has 2 heterocycles. The van der Waals surface area contributed by atoms with Gasteiger partial charge in [-0.2, -0.15) is 0 Å². The number of morpholine rings is 1. The number of anilines is 1. The van der Waals surface area contributed by atoms with E-state index in [1.807, 2.05) is 12.1 Å². The summed E-state index contributed by atoms with van der Waals surface area (Å²) < 4.78 is 19.3. The highest BCUT2D eigenvalue weighted by Crippen LogP contribution is 2.31. The van der Waals surface area contributed by atoms with Crippen molar-refractivity contribution in [2.75, 3.05) is 43.9 Å². The van der Waals surface area contributed by atoms with Gasteiger partial charge in [-0.25, -0.2) is 4.39 Å². The Labute approximate surface area is 179 Å². The van der Waals surface area contributed by atoms with Gasteiger partial charge in [0.25, 0.3) is 5.91 Å². The Kier molecular flexibility index (Phi) is 6.66. The van der Waals surface area contributed by atoms with E-state index < -0.39 is 0 Å². The van der Waals surface area contributed by atoms with Gasteiger partial charge >= 0.3 is 0 Å². The number of carbonyl (C=O) groups excluding carboxylic acids is 2. The molecule has 0 saturated carbocycles. The van der Waals surface area contributed by atoms with Crippen LogP contribution in [0.2, 0.25) is 0 Å². The molecule has 0 radical (unpaired) electrons. The van der Waals surface area contributed by atoms with Gasteiger partial charge in [0, 0.05) is 42.3 Å². The summed E-state index contributed by atoms with van der Waals surface area (Å²) >= 11 is 1.60. The zero-order valence-corrected chi connectivity index (χ0v) is 17.3. The van der Waals surface area contributed by atoms with Crippen molar-refractivity contribution < 1.29 is 18.7 Å². The first-order chi connectivity index (χ1) is 14.6. The van der Waals surface area contributed by atoms with Crippen LogP contribution in [0.25, 0.3) is 0 Å². The summed E-state index contributed by atoms with van der Waals surface area (Å²) in [5.74, 6) is 0.156. The molecule has 0 bridgehead atoms. The van der Waals surface area contributed by atoms with E-state index in [0.29, 0.717) is 37.4 Å². The van der Waals surface area contributed by atoms with Crippen molar-refractivity contribution in [3.63, 3.8) is 0 Å². The standard InChI is InChI=1S/C22H24FN3O3S/c23-17-3-1-2-15(12-17)19(26-7-9-29-10-8-26)14-24-22(28)16-4-5-20-18(13-16)25-21(27)6-11-30-20/h1-5,12-13,19H,6-11,14H2,(H,24,28)(H,25,27). The molecule has 8 heteroatoms. The van der Waals surface area contributed by atoms with Crippen LogP contribution in [-0.4, -0.2) is 55.3 Å². The van der Waals surface area contributed by atoms with Crippen LogP contribution < -0.4 is 10.6 Å². The molecule has 1 fully saturated rings. The molecule has 2 aliphatic rings. The number of halogens is 1. The minimum Gasteiger partial charge on any atom is -0.379 e. The maximum absolute atomic E-state index is 13.8. The van der Waals surface area contributed by atoms with Gasteiger partial charge in [0.2, 0.25) is 5.91 Å². The van der Waals surface area contributed by atoms with E-state index in [4.69, 9.17) is 4.74 Å². The molecule has 2 aromatic rings. The summed E-state index contributed by atoms with van der Waals surface area (Å²) in [6.07, 6.45) is 0.454. The van der Waals surface area contributed by atoms with Gasteiger partial charge in [-0.05, 0) is 35.9 Å². The van der Waals surface area contributed by atoms with Gasteiger partial charge in [0.15, 0.2) is 0 Å². The van der Waals surface area contributed by atoms with E-state index in [1.165, 1.54) is 12.1 Å². The lowest BCUT2D eigenvalue weighted by Crippen LogP contribution is -2.43. The zero-order chi connectivity index (χ0) is 20.9. The molecule has 1 unspecified atom stereocenters. The molecule has 0 spiro atoms. The Morgan fingerprint density at radius 1 is 1.23 bits per heavy atom. The normalized spacial score (nSPS) is 18.1. The van der Waals surface area contributed by atoms with Crippen molar-refractivity contribution in [2.45, 2.75) is 17.4 Å². The lowest BCUT2D eigenvalue weighted by molar-refractivity contribution is -0.115. The SMILES string of the molecule is O=C1CCSc2ccc(C(=O)NCC(c3cccc(F)c3)N3CCOCC3)cc2N1. The Bertz CT molecular complexity index is 934. The monoisotopic (exact) mass is 429 g/mol. The third kappa shape index (κ3) is 5.00. The molecular weight excluding hydrogens is 405 g/mol. The fourth-order valence-corrected chi connectivity index (χ4v) is 4.65. The smallest absolute Gasteiger partial charge is 0.251 e. The predicted octanol–water partition coefficient (Wildman–Crippen LogP) is 3.06. The fraction of sp³-hybridized carbons (Fsp3) is 0.364. The van der Waals surface area contributed by atoms with Crippen LogP contribution in [0.5, 0.6) is 0 Å². The lowest BCUT2D eigenvalue weighted by atomic mass is 10.0. The molecule has 2 amide bonds. The zero-order valence-electron chi connectivity index (χ0n) is 16.5. The number of ether oxygens (including phenoxy) is 1. The van der Waals surface area contributed by atoms with Crippen LogP contribution in [0.4, 0.5) is 10.1 Å². The van der Waals surface area contributed by atoms with Crippen LogP contribution in [-0.2, 0) is 9.53 Å². The average Bonchev–Trinajstić information content (AvgIpc) is 2.94. The van der Waals surface area contributed by atoms with Gasteiger partial charge in [-0.3, -0.25) is 14.5 Å². The third-order valence-corrected chi connectivity index (χ3v) is 6.35. The van der Waals surface area contributed by atoms with Crippen LogP contribution >= 0.6 is 11.8 Å². The lowest BCUT2D eigenvalue weighted by Gasteiger charge is -2.35. The molecule has 1 atom stereocenters. The number of fused-ring (bicyclic) bond motifs is 1. The third-order valence-electron chi connectivity index (χ3n) is 5.28. The molecule has 4 rings (SSSR count). The highest BCUT2D eigenvalue weighted by atomic mass is 32.2. The second-order valence-electron chi connectivity index (χ2n) is 7.29. The number of hydrogen-bond acceptors (Lipinski definition) is 5. The van der Waals surface area contributed by atoms with E-state index in [9.17, 15) is 14.0 Å². The molecule has 6 nitrogen and oxygen atoms in total. The minimum atomic E-state index is -0.295. The molecule has 2 N–H and O–H groups in total. The first-order valence-corrected chi connectivity index (χ1v) is 11.0. The highest BCUT2D eigenvalue weighted by molar-refractivity contribution is 7.99. The Hall–Kier alpha value is -2.42. The van der Waals surface area contributed by atoms with E-state index in [0.717, 1.165) is 29.3 Å². The molecule has 2 aromatic carbocycles. The number of thioether (sulfide) groups is 1. The molecule has 1 saturated heterocycles. The van der Waals surface area contributed by atoms with Crippen molar-refractivity contribution in [1.29, 1.82) is 0 Å². The first-order valence-electron chi connectivity index (χ1n) is 10.0. The maximum atomic E-state index is 13.8. The topological polar surface area (TPSA) is 70.7 Å². The summed E-state index contributed by atoms with van der Waals surface area (Å²) in [5.41, 5.74) is 1.98. The Morgan fingerprint density at radius 2 is 2.07 bits per heavy atom. The summed E-state index contributed by atoms with van der Waals surface area (Å²) in [4.78, 5) is 27.8. The van der Waals surface area contributed by atoms with E-state index >= 15 is 0 Å². The number of nitrogens with zero attached hydrogens (tertiary/aromatic N) is 1. The number of carbonyl (C=O) groups is 2. The number of benzene rings is 2. The number of rotatable bonds is 5. The van der Waals surface area contributed by atoms with E-state index in [2.05, 4.69) is 15.5 Å². The quantitative estimate of drug-likeness (QED) is 0.765. The average molecular weight is 430 g/mol. The second-order valence-corrected chi connectivity index (χ2v) is 8.42. The Balaban J connectivity index is 1.49. The molecule has 30 heavy (non-hydrogen) atoms. The van der Waals surface area contributed by atoms with E-state index in [-0.39, 0.29) is 23.7 Å². The van der Waals surface area contributed by atoms with Crippen LogP contribution in [0, 0.1) is 5.82 Å². The van der Waals surface area contributed by atoms with Crippen molar-refractivity contribution in [3.05, 3.63) is 59.4 Å². The molecule has 0 aliphatic carbocycles. The maximum Gasteiger partial charge on any atom is 0.251 e. The van der Waals surface area contributed by atoms with Gasteiger partial charge < -0.3 is 15.4 Å². The van der Waals surface area contributed by atoms with Crippen LogP contribution in [0.15, 0.2) is 47.4 Å². The highest BCUT2D eigenvalue weighted by Gasteiger charge is 2.24. The summed E-state index contributed by atoms with van der Waals surface area (Å²) in [5, 5.41) is 5.85. The van der Waals surface area contributed by atoms with Crippen LogP contribution in [0.1, 0.15) is 28.4 Å². The molecule has 2 aliphatic heterocycles. The van der Waals surface area contributed by atoms with Crippen molar-refractivity contribution in [1.82, 2.24) is 10.2 Å². The predicted molar refractivity (Wildman–Crippen MR) is 114 cm³/mol. The summed E-state index contributed by atoms with van der Waals surface area (Å²) in [7, 11) is 0. The van der Waals surface area contributed by atoms with Crippen molar-refractivity contribution >= 4 is 29.3 Å². The van der Waals surface area contributed by atoms with Gasteiger partial charge in [0.05, 0.1) is 24.9 Å². The minimum absolute atomic E-state index is 0.0442. The molecule has 158 valence electrons. The number of nitrogens with one attached hydrogen (secondary N) is 2. The van der Waals surface area contributed by atoms with Gasteiger partial charge in [-0.1, -0.05) is 12.1 Å². The number of hydrogen-bond donors (Lipinski definition) is 2. The molecular formula is C22H24FN3O3S. The summed E-state index contributed by atoms with van der Waals surface area (Å²) in [6, 6.07) is 11.7. The van der Waals surface area contributed by atoms with Crippen molar-refractivity contribution in [3.8, 4) is 0 Å². The van der Waals surface area contributed by atoms with Gasteiger partial charge in [-0.15, -0.1) is 11.8 Å². The van der Waals surface area contributed by atoms with Crippen molar-refractivity contribution in [2.24, 2.45) is 0 Å². The second kappa shape index (κ2) is 9.59.